The van der Waals surface area contributed by atoms with Crippen LogP contribution < -0.4 is 24.3 Å². The Morgan fingerprint density at radius 1 is 1.22 bits per heavy atom. The van der Waals surface area contributed by atoms with Crippen LogP contribution in [-0.4, -0.2) is 71.4 Å². The van der Waals surface area contributed by atoms with Gasteiger partial charge in [-0.05, 0) is 57.6 Å². The third-order valence-corrected chi connectivity index (χ3v) is 8.62. The molecule has 2 N–H and O–H groups in total. The Labute approximate surface area is 237 Å². The highest BCUT2D eigenvalue weighted by Crippen LogP contribution is 2.47. The van der Waals surface area contributed by atoms with Crippen molar-refractivity contribution in [3.8, 4) is 23.1 Å². The van der Waals surface area contributed by atoms with Gasteiger partial charge in [-0.2, -0.15) is 0 Å². The lowest BCUT2D eigenvalue weighted by molar-refractivity contribution is -0.145. The molecule has 11 heteroatoms. The Bertz CT molecular complexity index is 1410. The van der Waals surface area contributed by atoms with Crippen molar-refractivity contribution in [1.29, 1.82) is 0 Å². The molecule has 2 amide bonds. The Kier molecular flexibility index (Phi) is 7.13. The van der Waals surface area contributed by atoms with E-state index in [1.54, 1.807) is 24.1 Å². The smallest absolute Gasteiger partial charge is 0.330 e. The minimum absolute atomic E-state index is 0.0936. The molecule has 1 aromatic carbocycles. The molecule has 41 heavy (non-hydrogen) atoms. The quantitative estimate of drug-likeness (QED) is 0.523. The molecule has 5 unspecified atom stereocenters. The Hall–Kier alpha value is -4.02. The van der Waals surface area contributed by atoms with E-state index in [0.29, 0.717) is 60.0 Å². The summed E-state index contributed by atoms with van der Waals surface area (Å²) in [4.78, 5) is 45.8. The van der Waals surface area contributed by atoms with E-state index < -0.39 is 35.4 Å². The number of aromatic nitrogens is 1. The van der Waals surface area contributed by atoms with Gasteiger partial charge in [-0.15, -0.1) is 0 Å². The number of carboxylic acid groups (broad SMARTS) is 1. The van der Waals surface area contributed by atoms with Gasteiger partial charge in [0.2, 0.25) is 24.5 Å². The van der Waals surface area contributed by atoms with E-state index in [9.17, 15) is 19.5 Å². The fraction of sp³-hybridized carbons (Fsp3) is 0.533. The SMILES string of the molecule is CCOc1cc(OC2CC3C(=O)NC4(C(=O)O)CC4C=CCCCCN(C)C(=O)C3C2)c2ccc3c(c2n1)OCO3. The van der Waals surface area contributed by atoms with Crippen molar-refractivity contribution in [2.45, 2.75) is 57.1 Å². The summed E-state index contributed by atoms with van der Waals surface area (Å²) >= 11 is 0. The predicted molar refractivity (Wildman–Crippen MR) is 147 cm³/mol. The molecular formula is C30H35N3O8. The van der Waals surface area contributed by atoms with E-state index in [0.717, 1.165) is 19.3 Å². The highest BCUT2D eigenvalue weighted by molar-refractivity contribution is 5.95. The minimum atomic E-state index is -1.33. The zero-order chi connectivity index (χ0) is 28.7. The maximum atomic E-state index is 13.7. The minimum Gasteiger partial charge on any atom is -0.489 e. The standard InChI is InChI=1S/C30H35N3O8/c1-3-38-24-14-23(19-9-10-22-26(25(19)31-24)40-16-39-22)41-18-12-20-21(13-18)28(35)33(2)11-7-5-4-6-8-17-15-30(17,29(36)37)32-27(20)34/h6,8-10,14,17-18,20-21H,3-5,7,11-13,15-16H2,1-2H3,(H,32,34)(H,36,37). The fourth-order valence-corrected chi connectivity index (χ4v) is 6.29. The van der Waals surface area contributed by atoms with Crippen LogP contribution in [0.4, 0.5) is 0 Å². The summed E-state index contributed by atoms with van der Waals surface area (Å²) in [6, 6.07) is 5.35. The van der Waals surface area contributed by atoms with Gasteiger partial charge in [0.25, 0.3) is 0 Å². The summed E-state index contributed by atoms with van der Waals surface area (Å²) in [7, 11) is 1.76. The highest BCUT2D eigenvalue weighted by Gasteiger charge is 2.61. The van der Waals surface area contributed by atoms with E-state index >= 15 is 0 Å². The molecule has 2 fully saturated rings. The summed E-state index contributed by atoms with van der Waals surface area (Å²) in [6.45, 7) is 2.95. The topological polar surface area (TPSA) is 137 Å². The molecule has 0 bridgehead atoms. The van der Waals surface area contributed by atoms with Gasteiger partial charge in [0.15, 0.2) is 11.5 Å². The third kappa shape index (κ3) is 5.02. The molecule has 2 aromatic rings. The molecule has 0 spiro atoms. The first kappa shape index (κ1) is 27.2. The van der Waals surface area contributed by atoms with Gasteiger partial charge in [0, 0.05) is 31.0 Å². The molecule has 11 nitrogen and oxygen atoms in total. The van der Waals surface area contributed by atoms with Crippen LogP contribution in [0.3, 0.4) is 0 Å². The average molecular weight is 566 g/mol. The van der Waals surface area contributed by atoms with E-state index in [1.807, 2.05) is 25.1 Å². The zero-order valence-electron chi connectivity index (χ0n) is 23.3. The van der Waals surface area contributed by atoms with Crippen molar-refractivity contribution < 1.29 is 38.4 Å². The van der Waals surface area contributed by atoms with E-state index in [4.69, 9.17) is 18.9 Å². The number of carbonyl (C=O) groups is 3. The highest BCUT2D eigenvalue weighted by atomic mass is 16.7. The van der Waals surface area contributed by atoms with E-state index in [-0.39, 0.29) is 25.0 Å². The normalized spacial score (nSPS) is 29.4. The van der Waals surface area contributed by atoms with Gasteiger partial charge in [0.1, 0.15) is 22.9 Å². The molecular weight excluding hydrogens is 530 g/mol. The van der Waals surface area contributed by atoms with Crippen LogP contribution in [0.25, 0.3) is 10.9 Å². The van der Waals surface area contributed by atoms with E-state index in [1.165, 1.54) is 0 Å². The van der Waals surface area contributed by atoms with Crippen molar-refractivity contribution in [1.82, 2.24) is 15.2 Å². The lowest BCUT2D eigenvalue weighted by atomic mass is 9.93. The number of aliphatic carboxylic acids is 1. The first-order chi connectivity index (χ1) is 19.8. The molecule has 2 saturated carbocycles. The largest absolute Gasteiger partial charge is 0.489 e. The van der Waals surface area contributed by atoms with Crippen molar-refractivity contribution in [2.75, 3.05) is 27.0 Å². The Morgan fingerprint density at radius 3 is 2.85 bits per heavy atom. The molecule has 2 aliphatic heterocycles. The fourth-order valence-electron chi connectivity index (χ4n) is 6.29. The van der Waals surface area contributed by atoms with Crippen LogP contribution in [0.5, 0.6) is 23.1 Å². The van der Waals surface area contributed by atoms with Crippen LogP contribution in [0.2, 0.25) is 0 Å². The first-order valence-corrected chi connectivity index (χ1v) is 14.3. The number of allylic oxidation sites excluding steroid dienone is 1. The second-order valence-electron chi connectivity index (χ2n) is 11.3. The first-order valence-electron chi connectivity index (χ1n) is 14.3. The average Bonchev–Trinajstić information content (AvgIpc) is 3.26. The maximum absolute atomic E-state index is 13.7. The summed E-state index contributed by atoms with van der Waals surface area (Å²) < 4.78 is 23.4. The molecule has 0 radical (unpaired) electrons. The summed E-state index contributed by atoms with van der Waals surface area (Å²) in [6.07, 6.45) is 6.87. The molecule has 3 heterocycles. The van der Waals surface area contributed by atoms with Crippen molar-refractivity contribution in [2.24, 2.45) is 17.8 Å². The van der Waals surface area contributed by atoms with Crippen LogP contribution >= 0.6 is 0 Å². The molecule has 218 valence electrons. The monoisotopic (exact) mass is 565 g/mol. The second-order valence-corrected chi connectivity index (χ2v) is 11.3. The predicted octanol–water partition coefficient (Wildman–Crippen LogP) is 3.29. The number of rotatable bonds is 5. The molecule has 5 atom stereocenters. The zero-order valence-corrected chi connectivity index (χ0v) is 23.3. The van der Waals surface area contributed by atoms with Gasteiger partial charge in [-0.25, -0.2) is 9.78 Å². The molecule has 1 aromatic heterocycles. The second kappa shape index (κ2) is 10.8. The molecule has 0 saturated heterocycles. The van der Waals surface area contributed by atoms with Crippen LogP contribution in [-0.2, 0) is 14.4 Å². The summed E-state index contributed by atoms with van der Waals surface area (Å²) in [5.41, 5.74) is -0.783. The number of pyridine rings is 1. The van der Waals surface area contributed by atoms with Crippen LogP contribution in [0, 0.1) is 17.8 Å². The lowest BCUT2D eigenvalue weighted by Gasteiger charge is -2.26. The summed E-state index contributed by atoms with van der Waals surface area (Å²) in [5.74, 6) is -1.25. The van der Waals surface area contributed by atoms with E-state index in [2.05, 4.69) is 10.3 Å². The number of ether oxygens (including phenoxy) is 4. The Balaban J connectivity index is 1.31. The maximum Gasteiger partial charge on any atom is 0.330 e. The van der Waals surface area contributed by atoms with Gasteiger partial charge in [0.05, 0.1) is 18.4 Å². The van der Waals surface area contributed by atoms with Gasteiger partial charge in [-0.1, -0.05) is 12.2 Å². The number of nitrogens with one attached hydrogen (secondary N) is 1. The molecule has 4 aliphatic rings. The van der Waals surface area contributed by atoms with Crippen molar-refractivity contribution in [3.05, 3.63) is 30.4 Å². The molecule has 2 aliphatic carbocycles. The lowest BCUT2D eigenvalue weighted by Crippen LogP contribution is -2.49. The number of amides is 2. The number of hydrogen-bond donors (Lipinski definition) is 2. The van der Waals surface area contributed by atoms with Crippen LogP contribution in [0.1, 0.15) is 45.4 Å². The van der Waals surface area contributed by atoms with Gasteiger partial charge in [-0.3, -0.25) is 9.59 Å². The summed E-state index contributed by atoms with van der Waals surface area (Å²) in [5, 5.41) is 13.5. The number of fused-ring (bicyclic) bond motifs is 5. The third-order valence-electron chi connectivity index (χ3n) is 8.62. The van der Waals surface area contributed by atoms with Crippen LogP contribution in [0.15, 0.2) is 30.4 Å². The number of nitrogens with zero attached hydrogens (tertiary/aromatic N) is 2. The number of carbonyl (C=O) groups excluding carboxylic acids is 2. The Morgan fingerprint density at radius 2 is 2.05 bits per heavy atom. The van der Waals surface area contributed by atoms with Crippen molar-refractivity contribution >= 4 is 28.7 Å². The number of benzene rings is 1. The van der Waals surface area contributed by atoms with Crippen molar-refractivity contribution in [3.63, 3.8) is 0 Å². The van der Waals surface area contributed by atoms with Gasteiger partial charge >= 0.3 is 5.97 Å². The molecule has 6 rings (SSSR count). The number of hydrogen-bond acceptors (Lipinski definition) is 8. The number of carboxylic acids is 1. The van der Waals surface area contributed by atoms with Gasteiger partial charge < -0.3 is 34.3 Å².